The number of likely N-dealkylation sites (N-methyl/N-ethyl adjacent to an activating group) is 1. The number of phenolic OH excluding ortho intramolecular Hbond substituents is 1. The molecule has 6 aliphatic heterocycles. The number of nitriles is 1. The predicted octanol–water partition coefficient (Wildman–Crippen LogP) is 5.81. The molecule has 16 heteroatoms. The summed E-state index contributed by atoms with van der Waals surface area (Å²) < 4.78 is 68.9. The number of esters is 1. The Morgan fingerprint density at radius 1 is 1.11 bits per heavy atom. The molecule has 0 spiro atoms. The summed E-state index contributed by atoms with van der Waals surface area (Å²) in [4.78, 5) is 31.5. The number of fused-ring (bicyclic) bond motifs is 10. The molecular formula is C41H41F3N4O8S. The second-order valence-electron chi connectivity index (χ2n) is 14.9. The zero-order chi connectivity index (χ0) is 40.5. The highest BCUT2D eigenvalue weighted by atomic mass is 32.2. The average Bonchev–Trinajstić information content (AvgIpc) is 3.67. The van der Waals surface area contributed by atoms with Crippen molar-refractivity contribution >= 4 is 29.7 Å². The van der Waals surface area contributed by atoms with E-state index in [0.717, 1.165) is 40.5 Å². The van der Waals surface area contributed by atoms with Crippen LogP contribution in [0.15, 0.2) is 36.4 Å². The van der Waals surface area contributed by atoms with Crippen molar-refractivity contribution in [1.29, 1.82) is 5.26 Å². The first-order valence-corrected chi connectivity index (χ1v) is 19.5. The van der Waals surface area contributed by atoms with Gasteiger partial charge in [-0.15, -0.1) is 11.8 Å². The van der Waals surface area contributed by atoms with Gasteiger partial charge < -0.3 is 34.1 Å². The number of ether oxygens (including phenoxy) is 5. The fraction of sp³-hybridized carbons (Fsp3) is 0.439. The number of piperazine rings is 1. The lowest BCUT2D eigenvalue weighted by molar-refractivity contribution is -0.152. The van der Waals surface area contributed by atoms with E-state index in [-0.39, 0.29) is 43.8 Å². The Hall–Kier alpha value is -4.95. The normalized spacial score (nSPS) is 26.6. The second-order valence-corrected chi connectivity index (χ2v) is 16.1. The van der Waals surface area contributed by atoms with Gasteiger partial charge in [0.05, 0.1) is 29.0 Å². The van der Waals surface area contributed by atoms with Gasteiger partial charge in [-0.05, 0) is 74.7 Å². The SMILES string of the molecule is COCOc1c(C)c(C)cc2c1[C@@H]1C3[C@@H]4SC[C@H](NC(=O)/C=C/c5ccc(C(F)(F)F)cc5)C(=O)OC[C@@H](c5c6c(c(C)c(O)c54)OCO6)N3[C@@H](C#N)[C@H](C2)N1C. The maximum absolute atomic E-state index is 13.8. The van der Waals surface area contributed by atoms with Gasteiger partial charge in [0.25, 0.3) is 0 Å². The highest BCUT2D eigenvalue weighted by Gasteiger charge is 2.60. The fourth-order valence-electron chi connectivity index (χ4n) is 9.13. The molecule has 3 aromatic carbocycles. The van der Waals surface area contributed by atoms with Crippen molar-refractivity contribution in [2.24, 2.45) is 0 Å². The van der Waals surface area contributed by atoms with Crippen molar-refractivity contribution in [3.63, 3.8) is 0 Å². The van der Waals surface area contributed by atoms with Crippen LogP contribution in [0.1, 0.15) is 67.4 Å². The van der Waals surface area contributed by atoms with E-state index in [9.17, 15) is 33.1 Å². The van der Waals surface area contributed by atoms with Crippen LogP contribution in [0.3, 0.4) is 0 Å². The van der Waals surface area contributed by atoms with Gasteiger partial charge in [-0.25, -0.2) is 4.79 Å². The molecule has 0 aliphatic carbocycles. The number of phenols is 1. The molecule has 2 fully saturated rings. The van der Waals surface area contributed by atoms with Crippen molar-refractivity contribution < 1.29 is 51.6 Å². The van der Waals surface area contributed by atoms with Gasteiger partial charge in [0.15, 0.2) is 18.3 Å². The quantitative estimate of drug-likeness (QED) is 0.177. The molecule has 0 saturated carbocycles. The number of hydrogen-bond donors (Lipinski definition) is 2. The zero-order valence-corrected chi connectivity index (χ0v) is 32.6. The van der Waals surface area contributed by atoms with E-state index in [0.29, 0.717) is 45.9 Å². The van der Waals surface area contributed by atoms with Crippen LogP contribution in [0, 0.1) is 32.1 Å². The summed E-state index contributed by atoms with van der Waals surface area (Å²) in [6.07, 6.45) is -1.44. The molecule has 0 aromatic heterocycles. The second kappa shape index (κ2) is 14.8. The van der Waals surface area contributed by atoms with Gasteiger partial charge in [0, 0.05) is 53.3 Å². The molecule has 6 aliphatic rings. The van der Waals surface area contributed by atoms with Crippen LogP contribution in [-0.2, 0) is 31.7 Å². The molecule has 1 amide bonds. The van der Waals surface area contributed by atoms with Gasteiger partial charge in [0.2, 0.25) is 12.7 Å². The van der Waals surface area contributed by atoms with Gasteiger partial charge in [-0.3, -0.25) is 14.6 Å². The van der Waals surface area contributed by atoms with Crippen molar-refractivity contribution in [2.75, 3.05) is 40.1 Å². The van der Waals surface area contributed by atoms with E-state index < -0.39 is 53.0 Å². The minimum atomic E-state index is -4.50. The van der Waals surface area contributed by atoms with E-state index in [2.05, 4.69) is 27.3 Å². The molecule has 2 N–H and O–H groups in total. The first kappa shape index (κ1) is 38.9. The minimum Gasteiger partial charge on any atom is -0.507 e. The first-order chi connectivity index (χ1) is 27.2. The van der Waals surface area contributed by atoms with E-state index in [1.165, 1.54) is 30.0 Å². The van der Waals surface area contributed by atoms with Gasteiger partial charge >= 0.3 is 12.1 Å². The molecule has 12 nitrogen and oxygen atoms in total. The number of methoxy groups -OCH3 is 1. The highest BCUT2D eigenvalue weighted by molar-refractivity contribution is 7.99. The number of aryl methyl sites for hydroxylation is 1. The summed E-state index contributed by atoms with van der Waals surface area (Å²) in [5.74, 6) is 0.174. The summed E-state index contributed by atoms with van der Waals surface area (Å²) in [6.45, 7) is 5.49. The number of thioether (sulfide) groups is 1. The smallest absolute Gasteiger partial charge is 0.416 e. The molecule has 4 bridgehead atoms. The standard InChI is InChI=1S/C41H41F3N4O8S/c1-19-12-23-13-26-27(14-45)48-28-15-53-40(51)25(46-29(49)11-8-22-6-9-24(10-7-22)41(42,43)44)16-57-39(32-31(28)38-37(55-18-56-38)21(3)35(32)50)34(48)33(47(26)4)30(23)36(20(19)2)54-17-52-5/h6-12,25-28,33-34,39,50H,13,15-18H2,1-5H3,(H,46,49)/b11-8+/t25-,26-,27-,28-,33+,34?,39+/m0/s1. The van der Waals surface area contributed by atoms with Crippen molar-refractivity contribution in [1.82, 2.24) is 15.1 Å². The van der Waals surface area contributed by atoms with Crippen LogP contribution >= 0.6 is 11.8 Å². The Balaban J connectivity index is 1.23. The number of benzene rings is 3. The molecule has 2 saturated heterocycles. The van der Waals surface area contributed by atoms with Crippen molar-refractivity contribution in [2.45, 2.75) is 74.9 Å². The molecule has 1 unspecified atom stereocenters. The monoisotopic (exact) mass is 806 g/mol. The number of amides is 1. The fourth-order valence-corrected chi connectivity index (χ4v) is 10.6. The van der Waals surface area contributed by atoms with Crippen LogP contribution in [-0.4, -0.2) is 91.1 Å². The number of nitrogens with zero attached hydrogens (tertiary/aromatic N) is 3. The van der Waals surface area contributed by atoms with E-state index >= 15 is 0 Å². The predicted molar refractivity (Wildman–Crippen MR) is 202 cm³/mol. The Labute approximate surface area is 331 Å². The summed E-state index contributed by atoms with van der Waals surface area (Å²) in [5.41, 5.74) is 5.21. The molecule has 9 rings (SSSR count). The third-order valence-electron chi connectivity index (χ3n) is 11.9. The van der Waals surface area contributed by atoms with Gasteiger partial charge in [0.1, 0.15) is 30.2 Å². The topological polar surface area (TPSA) is 143 Å². The van der Waals surface area contributed by atoms with Crippen LogP contribution in [0.5, 0.6) is 23.0 Å². The summed E-state index contributed by atoms with van der Waals surface area (Å²) in [6, 6.07) is 5.39. The Morgan fingerprint density at radius 3 is 2.54 bits per heavy atom. The summed E-state index contributed by atoms with van der Waals surface area (Å²) in [5, 5.41) is 25.3. The summed E-state index contributed by atoms with van der Waals surface area (Å²) >= 11 is 1.35. The van der Waals surface area contributed by atoms with E-state index in [4.69, 9.17) is 23.7 Å². The number of nitrogens with one attached hydrogen (secondary N) is 1. The van der Waals surface area contributed by atoms with Crippen LogP contribution < -0.4 is 19.5 Å². The third-order valence-corrected chi connectivity index (χ3v) is 13.3. The number of aromatic hydroxyl groups is 1. The highest BCUT2D eigenvalue weighted by Crippen LogP contribution is 2.63. The number of carbonyl (C=O) groups excluding carboxylic acids is 2. The lowest BCUT2D eigenvalue weighted by atomic mass is 9.71. The van der Waals surface area contributed by atoms with Crippen LogP contribution in [0.25, 0.3) is 6.08 Å². The number of rotatable bonds is 6. The molecule has 300 valence electrons. The molecule has 0 radical (unpaired) electrons. The lowest BCUT2D eigenvalue weighted by Gasteiger charge is -2.61. The maximum Gasteiger partial charge on any atom is 0.416 e. The van der Waals surface area contributed by atoms with E-state index in [1.54, 1.807) is 14.0 Å². The molecule has 6 heterocycles. The minimum absolute atomic E-state index is 0.00798. The molecule has 57 heavy (non-hydrogen) atoms. The molecule has 3 aromatic rings. The Morgan fingerprint density at radius 2 is 1.84 bits per heavy atom. The van der Waals surface area contributed by atoms with Crippen LogP contribution in [0.2, 0.25) is 0 Å². The third kappa shape index (κ3) is 6.44. The number of halogens is 3. The Bertz CT molecular complexity index is 2210. The van der Waals surface area contributed by atoms with Crippen molar-refractivity contribution in [3.05, 3.63) is 86.5 Å². The molecule has 7 atom stereocenters. The summed E-state index contributed by atoms with van der Waals surface area (Å²) in [7, 11) is 3.56. The molecular weight excluding hydrogens is 766 g/mol. The van der Waals surface area contributed by atoms with Crippen LogP contribution in [0.4, 0.5) is 13.2 Å². The van der Waals surface area contributed by atoms with E-state index in [1.807, 2.05) is 20.9 Å². The van der Waals surface area contributed by atoms with Crippen molar-refractivity contribution in [3.8, 4) is 29.1 Å². The van der Waals surface area contributed by atoms with Gasteiger partial charge in [-0.2, -0.15) is 18.4 Å². The Kier molecular flexibility index (Phi) is 10.1. The lowest BCUT2D eigenvalue weighted by Crippen LogP contribution is -2.69. The largest absolute Gasteiger partial charge is 0.507 e. The maximum atomic E-state index is 13.8. The number of alkyl halides is 3. The number of carbonyl (C=O) groups is 2. The van der Waals surface area contributed by atoms with Gasteiger partial charge in [-0.1, -0.05) is 18.2 Å². The zero-order valence-electron chi connectivity index (χ0n) is 31.8. The number of hydrogen-bond acceptors (Lipinski definition) is 12. The first-order valence-electron chi connectivity index (χ1n) is 18.5. The average molecular weight is 807 g/mol.